The Labute approximate surface area is 523 Å². The van der Waals surface area contributed by atoms with Crippen LogP contribution in [0.4, 0.5) is 13.2 Å². The Balaban J connectivity index is 0.000000300. The molecule has 8 atom stereocenters. The summed E-state index contributed by atoms with van der Waals surface area (Å²) in [7, 11) is 0. The fourth-order valence-corrected chi connectivity index (χ4v) is 11.5. The Kier molecular flexibility index (Phi) is 27.4. The summed E-state index contributed by atoms with van der Waals surface area (Å²) >= 11 is 0. The first kappa shape index (κ1) is 75.8. The maximum Gasteiger partial charge on any atom is 1.00 e. The average molecular weight is 1230 g/mol. The van der Waals surface area contributed by atoms with Crippen LogP contribution in [0.15, 0.2) is 37.2 Å². The van der Waals surface area contributed by atoms with Crippen LogP contribution in [0.25, 0.3) is 0 Å². The number of rotatable bonds is 13. The summed E-state index contributed by atoms with van der Waals surface area (Å²) in [6.45, 7) is 20.7. The van der Waals surface area contributed by atoms with Gasteiger partial charge in [-0.15, -0.1) is 13.2 Å². The topological polar surface area (TPSA) is 376 Å². The number of carbonyl (C=O) groups is 4. The van der Waals surface area contributed by atoms with Crippen LogP contribution in [0.3, 0.4) is 0 Å². The second kappa shape index (κ2) is 31.8. The monoisotopic (exact) mass is 1230 g/mol. The number of Topliss-reactive ketones (excluding diaryl/α,β-unsaturated/α-hetero) is 1. The van der Waals surface area contributed by atoms with Crippen molar-refractivity contribution < 1.29 is 102 Å². The third kappa shape index (κ3) is 18.8. The van der Waals surface area contributed by atoms with Gasteiger partial charge in [-0.3, -0.25) is 38.9 Å². The minimum atomic E-state index is -4.65. The van der Waals surface area contributed by atoms with Gasteiger partial charge in [0.2, 0.25) is 11.8 Å². The van der Waals surface area contributed by atoms with Crippen LogP contribution in [-0.4, -0.2) is 152 Å². The number of carboxylic acids is 1. The van der Waals surface area contributed by atoms with Gasteiger partial charge >= 0.3 is 31.2 Å². The fraction of sp³-hybridized carbons (Fsp3) is 0.639. The first-order valence-corrected chi connectivity index (χ1v) is 28.6. The van der Waals surface area contributed by atoms with E-state index in [1.165, 1.54) is 18.6 Å². The minimum absolute atomic E-state index is 0. The molecule has 0 saturated heterocycles. The Morgan fingerprint density at radius 1 is 0.602 bits per heavy atom. The molecule has 3 aliphatic heterocycles. The van der Waals surface area contributed by atoms with Gasteiger partial charge in [0.05, 0.1) is 38.2 Å². The molecule has 7 aliphatic rings. The number of hydrogen-bond acceptors (Lipinski definition) is 19. The van der Waals surface area contributed by atoms with Gasteiger partial charge in [-0.05, 0) is 93.8 Å². The second-order valence-corrected chi connectivity index (χ2v) is 25.0. The van der Waals surface area contributed by atoms with E-state index in [9.17, 15) is 37.5 Å². The van der Waals surface area contributed by atoms with E-state index >= 15 is 0 Å². The molecule has 0 spiro atoms. The van der Waals surface area contributed by atoms with Crippen LogP contribution in [-0.2, 0) is 43.5 Å². The number of aromatic nitrogens is 3. The van der Waals surface area contributed by atoms with Gasteiger partial charge in [-0.1, -0.05) is 41.5 Å². The van der Waals surface area contributed by atoms with E-state index in [1.807, 2.05) is 33.8 Å². The number of nitrogens with zero attached hydrogens (tertiary/aromatic N) is 8. The standard InChI is InChI=1S/C18H20F3N3O3.C17H21N3O3.C9H9N3O.C9H16O2.C8H14O3.Li.2H2O/c1-17(2,14-5-11(14)10-27-18(19,20)21)16(25)24-3-4-26-15-12(6-22)7-23-8-13(15)9-24;1-17(2,14-5-11(14)10-21)16(22)20-3-4-23-15-12(6-18)7-19-8-13(15)9-20;10-3-7-4-12-6-8-5-11-1-2-13-9(7)8;1-6(11)9(2,3)8-4-7(8)5-10;1-8(2,7(10)11)6-3-5(6)4-9;;;/h7-8,11,14H,3-5,9-10H2,1-2H3;7-8,11,14,21H,3-5,9-10H2,1-2H3;4,6,11H,1-2,5H2;7-8,10H,4-5H2,1-3H3;5-6,9H,3-4H2,1-2H3,(H,10,11);;2*1H2/q;;;;;+1;;/p-1. The number of aliphatic hydroxyl groups excluding tert-OH is 3. The molecule has 0 bridgehead atoms. The zero-order valence-corrected chi connectivity index (χ0v) is 51.8. The third-order valence-corrected chi connectivity index (χ3v) is 17.7. The Bertz CT molecular complexity index is 2980. The zero-order chi connectivity index (χ0) is 62.8. The molecule has 4 fully saturated rings. The summed E-state index contributed by atoms with van der Waals surface area (Å²) in [5.74, 6) is 2.25. The number of halogens is 3. The number of alkyl halides is 3. The Hall–Kier alpha value is -6.49. The summed E-state index contributed by atoms with van der Waals surface area (Å²) < 4.78 is 57.4. The number of nitriles is 3. The number of amides is 2. The first-order chi connectivity index (χ1) is 40.0. The Morgan fingerprint density at radius 3 is 1.32 bits per heavy atom. The molecule has 6 heterocycles. The molecule has 8 N–H and O–H groups in total. The molecule has 2 amide bonds. The van der Waals surface area contributed by atoms with Crippen LogP contribution < -0.4 is 38.4 Å². The number of pyridine rings is 3. The fourth-order valence-electron chi connectivity index (χ4n) is 11.5. The van der Waals surface area contributed by atoms with Crippen molar-refractivity contribution in [3.8, 4) is 35.5 Å². The SMILES string of the molecule is CC(=O)C(C)(C)C1CC1CO.CC(C)(C(=O)N1CCOc2c(C#N)cncc2C1)C1CC1CO.CC(C)(C(=O)N1CCOc2c(C#N)cncc2C1)C1CC1COC(F)(F)F.CC(C)(C(=O)O)C1CC1CO.N#Cc1cncc2c1OCCNC2.O.[Li+].[OH-]. The van der Waals surface area contributed by atoms with Crippen LogP contribution in [0, 0.1) is 103 Å². The molecule has 23 nitrogen and oxygen atoms in total. The molecule has 3 aromatic heterocycles. The maximum absolute atomic E-state index is 13.1. The molecule has 4 aliphatic carbocycles. The largest absolute Gasteiger partial charge is 1.00 e. The number of nitrogens with one attached hydrogen (secondary N) is 1. The van der Waals surface area contributed by atoms with Crippen molar-refractivity contribution in [2.24, 2.45) is 69.0 Å². The van der Waals surface area contributed by atoms with E-state index in [4.69, 9.17) is 45.3 Å². The quantitative estimate of drug-likeness (QED) is 0.154. The Morgan fingerprint density at radius 2 is 0.955 bits per heavy atom. The van der Waals surface area contributed by atoms with Crippen molar-refractivity contribution in [1.29, 1.82) is 15.8 Å². The number of ketones is 1. The van der Waals surface area contributed by atoms with Crippen LogP contribution >= 0.6 is 0 Å². The summed E-state index contributed by atoms with van der Waals surface area (Å²) in [5, 5.41) is 65.9. The molecule has 478 valence electrons. The molecule has 10 rings (SSSR count). The van der Waals surface area contributed by atoms with Crippen molar-refractivity contribution in [2.45, 2.75) is 114 Å². The zero-order valence-electron chi connectivity index (χ0n) is 51.8. The maximum atomic E-state index is 13.1. The number of fused-ring (bicyclic) bond motifs is 3. The number of carbonyl (C=O) groups excluding carboxylic acids is 3. The molecule has 0 radical (unpaired) electrons. The average Bonchev–Trinajstić information content (AvgIpc) is 2.27. The predicted octanol–water partition coefficient (Wildman–Crippen LogP) is 2.60. The van der Waals surface area contributed by atoms with Gasteiger partial charge in [-0.25, -0.2) is 0 Å². The molecule has 0 aromatic carbocycles. The number of hydrogen-bond donors (Lipinski definition) is 5. The minimum Gasteiger partial charge on any atom is -0.870 e. The summed E-state index contributed by atoms with van der Waals surface area (Å²) in [6, 6.07) is 6.17. The molecule has 27 heteroatoms. The normalized spacial score (nSPS) is 22.7. The van der Waals surface area contributed by atoms with Crippen LogP contribution in [0.1, 0.15) is 121 Å². The van der Waals surface area contributed by atoms with Gasteiger partial charge in [0.15, 0.2) is 0 Å². The number of carboxylic acid groups (broad SMARTS) is 1. The van der Waals surface area contributed by atoms with Crippen molar-refractivity contribution in [3.05, 3.63) is 70.6 Å². The van der Waals surface area contributed by atoms with Crippen LogP contribution in [0.5, 0.6) is 17.2 Å². The van der Waals surface area contributed by atoms with Gasteiger partial charge in [0.1, 0.15) is 77.8 Å². The van der Waals surface area contributed by atoms with Crippen LogP contribution in [0.2, 0.25) is 0 Å². The predicted molar refractivity (Wildman–Crippen MR) is 305 cm³/mol. The van der Waals surface area contributed by atoms with E-state index in [0.717, 1.165) is 43.5 Å². The number of aliphatic carboxylic acids is 1. The van der Waals surface area contributed by atoms with E-state index < -0.39 is 35.2 Å². The van der Waals surface area contributed by atoms with E-state index in [0.29, 0.717) is 90.6 Å². The molecule has 3 aromatic rings. The van der Waals surface area contributed by atoms with Gasteiger partial charge in [0.25, 0.3) is 0 Å². The van der Waals surface area contributed by atoms with Gasteiger partial charge in [0, 0.05) is 103 Å². The van der Waals surface area contributed by atoms with Crippen molar-refractivity contribution in [3.63, 3.8) is 0 Å². The summed E-state index contributed by atoms with van der Waals surface area (Å²) in [4.78, 5) is 63.3. The second-order valence-electron chi connectivity index (χ2n) is 25.0. The van der Waals surface area contributed by atoms with E-state index in [-0.39, 0.29) is 121 Å². The number of aliphatic hydroxyl groups is 3. The summed E-state index contributed by atoms with van der Waals surface area (Å²) in [5.41, 5.74) is 1.40. The van der Waals surface area contributed by atoms with Crippen molar-refractivity contribution >= 4 is 23.6 Å². The van der Waals surface area contributed by atoms with Crippen molar-refractivity contribution in [1.82, 2.24) is 30.1 Å². The smallest absolute Gasteiger partial charge is 0.870 e. The molecule has 4 saturated carbocycles. The van der Waals surface area contributed by atoms with E-state index in [1.54, 1.807) is 63.0 Å². The molecular weight excluding hydrogens is 1150 g/mol. The van der Waals surface area contributed by atoms with E-state index in [2.05, 4.69) is 37.1 Å². The third-order valence-electron chi connectivity index (χ3n) is 17.7. The number of ether oxygens (including phenoxy) is 4. The van der Waals surface area contributed by atoms with Gasteiger partial charge in [-0.2, -0.15) is 15.8 Å². The molecule has 88 heavy (non-hydrogen) atoms. The molecule has 8 unspecified atom stereocenters. The summed E-state index contributed by atoms with van der Waals surface area (Å²) in [6.07, 6.45) is 8.02. The van der Waals surface area contributed by atoms with Crippen molar-refractivity contribution in [2.75, 3.05) is 65.9 Å². The first-order valence-electron chi connectivity index (χ1n) is 28.6. The molecular formula is C61H83F3LiN9O14. The van der Waals surface area contributed by atoms with Gasteiger partial charge < -0.3 is 60.7 Å².